The third kappa shape index (κ3) is 18.7. The van der Waals surface area contributed by atoms with Gasteiger partial charge in [-0.05, 0) is 108 Å². The zero-order valence-corrected chi connectivity index (χ0v) is 32.3. The molecule has 8 nitrogen and oxygen atoms in total. The predicted octanol–water partition coefficient (Wildman–Crippen LogP) is 9.29. The molecule has 2 atom stereocenters. The second-order valence-electron chi connectivity index (χ2n) is 13.7. The lowest BCUT2D eigenvalue weighted by atomic mass is 9.94. The first-order valence-electron chi connectivity index (χ1n) is 16.3. The van der Waals surface area contributed by atoms with Gasteiger partial charge in [0.25, 0.3) is 0 Å². The fourth-order valence-electron chi connectivity index (χ4n) is 4.64. The van der Waals surface area contributed by atoms with E-state index in [1.165, 1.54) is 0 Å². The molecule has 0 spiro atoms. The third-order valence-corrected chi connectivity index (χ3v) is 7.99. The molecular weight excluding hydrogens is 756 g/mol. The van der Waals surface area contributed by atoms with Gasteiger partial charge in [0, 0.05) is 21.8 Å². The van der Waals surface area contributed by atoms with Gasteiger partial charge < -0.3 is 19.3 Å². The Kier molecular flexibility index (Phi) is 17.2. The highest BCUT2D eigenvalue weighted by Crippen LogP contribution is 2.21. The van der Waals surface area contributed by atoms with Gasteiger partial charge in [-0.3, -0.25) is 19.2 Å². The molecule has 0 bridgehead atoms. The van der Waals surface area contributed by atoms with Gasteiger partial charge in [0.2, 0.25) is 0 Å². The number of aliphatic carboxylic acids is 1. The van der Waals surface area contributed by atoms with Crippen molar-refractivity contribution in [3.63, 3.8) is 0 Å². The standard InChI is InChI=1S/C23H27BrO4.C16H21BrO4/c1-23(2,3)28-21(25)14-11-19(15-17-9-12-20(24)13-10-17)22(26)27-16-18-7-5-4-6-8-18;1-16(2,3)21-14(18)9-6-12(15(19)20)10-11-4-7-13(17)8-5-11/h4-10,12-13,19H,11,14-16H2,1-3H3;4-5,7-8,12H,6,9-10H2,1-3H3,(H,19,20). The van der Waals surface area contributed by atoms with Crippen LogP contribution in [0.25, 0.3) is 0 Å². The van der Waals surface area contributed by atoms with Gasteiger partial charge >= 0.3 is 23.9 Å². The number of carbonyl (C=O) groups excluding carboxylic acids is 3. The van der Waals surface area contributed by atoms with Gasteiger partial charge in [0.15, 0.2) is 0 Å². The van der Waals surface area contributed by atoms with E-state index in [0.717, 1.165) is 25.6 Å². The Balaban J connectivity index is 0.000000355. The maximum atomic E-state index is 12.7. The number of halogens is 2. The normalized spacial score (nSPS) is 12.5. The number of carboxylic acid groups (broad SMARTS) is 1. The van der Waals surface area contributed by atoms with E-state index in [1.807, 2.05) is 99.6 Å². The molecule has 0 radical (unpaired) electrons. The highest BCUT2D eigenvalue weighted by atomic mass is 79.9. The second kappa shape index (κ2) is 20.2. The van der Waals surface area contributed by atoms with Crippen LogP contribution in [0.2, 0.25) is 0 Å². The number of ether oxygens (including phenoxy) is 3. The topological polar surface area (TPSA) is 116 Å². The summed E-state index contributed by atoms with van der Waals surface area (Å²) in [6, 6.07) is 24.9. The Morgan fingerprint density at radius 1 is 0.612 bits per heavy atom. The molecule has 0 amide bonds. The minimum absolute atomic E-state index is 0.116. The zero-order valence-electron chi connectivity index (χ0n) is 29.2. The number of carboxylic acids is 1. The summed E-state index contributed by atoms with van der Waals surface area (Å²) in [4.78, 5) is 47.8. The second-order valence-corrected chi connectivity index (χ2v) is 15.6. The van der Waals surface area contributed by atoms with Crippen molar-refractivity contribution in [3.8, 4) is 0 Å². The number of hydrogen-bond donors (Lipinski definition) is 1. The average Bonchev–Trinajstić information content (AvgIpc) is 3.01. The lowest BCUT2D eigenvalue weighted by molar-refractivity contribution is -0.157. The quantitative estimate of drug-likeness (QED) is 0.127. The van der Waals surface area contributed by atoms with Gasteiger partial charge in [0.05, 0.1) is 11.8 Å². The van der Waals surface area contributed by atoms with E-state index in [2.05, 4.69) is 31.9 Å². The molecular formula is C39H48Br2O8. The Bertz CT molecular complexity index is 1470. The van der Waals surface area contributed by atoms with Crippen LogP contribution >= 0.6 is 31.9 Å². The molecule has 0 heterocycles. The summed E-state index contributed by atoms with van der Waals surface area (Å²) in [6.45, 7) is 11.1. The summed E-state index contributed by atoms with van der Waals surface area (Å²) in [5.74, 6) is -2.83. The smallest absolute Gasteiger partial charge is 0.309 e. The molecule has 266 valence electrons. The Morgan fingerprint density at radius 3 is 1.43 bits per heavy atom. The van der Waals surface area contributed by atoms with Crippen LogP contribution < -0.4 is 0 Å². The molecule has 0 aliphatic heterocycles. The van der Waals surface area contributed by atoms with Crippen LogP contribution in [0.4, 0.5) is 0 Å². The number of hydrogen-bond acceptors (Lipinski definition) is 7. The summed E-state index contributed by atoms with van der Waals surface area (Å²) in [6.07, 6.45) is 1.89. The molecule has 0 aliphatic rings. The van der Waals surface area contributed by atoms with Crippen molar-refractivity contribution >= 4 is 55.7 Å². The largest absolute Gasteiger partial charge is 0.481 e. The lowest BCUT2D eigenvalue weighted by Gasteiger charge is -2.21. The van der Waals surface area contributed by atoms with E-state index in [4.69, 9.17) is 14.2 Å². The summed E-state index contributed by atoms with van der Waals surface area (Å²) in [5, 5.41) is 9.27. The van der Waals surface area contributed by atoms with Crippen molar-refractivity contribution in [1.82, 2.24) is 0 Å². The first-order valence-corrected chi connectivity index (χ1v) is 17.8. The van der Waals surface area contributed by atoms with Gasteiger partial charge in [0.1, 0.15) is 17.8 Å². The van der Waals surface area contributed by atoms with E-state index in [1.54, 1.807) is 20.8 Å². The van der Waals surface area contributed by atoms with Crippen molar-refractivity contribution in [2.75, 3.05) is 0 Å². The molecule has 1 N–H and O–H groups in total. The molecule has 49 heavy (non-hydrogen) atoms. The third-order valence-electron chi connectivity index (χ3n) is 6.93. The van der Waals surface area contributed by atoms with Crippen LogP contribution in [-0.4, -0.2) is 40.2 Å². The number of rotatable bonds is 14. The highest BCUT2D eigenvalue weighted by Gasteiger charge is 2.25. The minimum atomic E-state index is -0.888. The predicted molar refractivity (Wildman–Crippen MR) is 197 cm³/mol. The Labute approximate surface area is 307 Å². The van der Waals surface area contributed by atoms with Crippen LogP contribution in [0.5, 0.6) is 0 Å². The van der Waals surface area contributed by atoms with Crippen molar-refractivity contribution in [3.05, 3.63) is 104 Å². The van der Waals surface area contributed by atoms with Crippen molar-refractivity contribution in [2.45, 2.75) is 97.9 Å². The zero-order chi connectivity index (χ0) is 36.6. The average molecular weight is 805 g/mol. The van der Waals surface area contributed by atoms with Gasteiger partial charge in [-0.1, -0.05) is 86.5 Å². The molecule has 2 unspecified atom stereocenters. The molecule has 0 aliphatic carbocycles. The van der Waals surface area contributed by atoms with E-state index in [9.17, 15) is 24.3 Å². The van der Waals surface area contributed by atoms with Crippen molar-refractivity contribution < 1.29 is 38.5 Å². The number of benzene rings is 3. The van der Waals surface area contributed by atoms with E-state index in [0.29, 0.717) is 19.3 Å². The van der Waals surface area contributed by atoms with E-state index in [-0.39, 0.29) is 43.8 Å². The monoisotopic (exact) mass is 802 g/mol. The van der Waals surface area contributed by atoms with Gasteiger partial charge in [-0.25, -0.2) is 0 Å². The van der Waals surface area contributed by atoms with Crippen LogP contribution in [0, 0.1) is 11.8 Å². The van der Waals surface area contributed by atoms with Gasteiger partial charge in [-0.15, -0.1) is 0 Å². The summed E-state index contributed by atoms with van der Waals surface area (Å²) < 4.78 is 18.0. The first kappa shape index (κ1) is 41.7. The van der Waals surface area contributed by atoms with E-state index >= 15 is 0 Å². The van der Waals surface area contributed by atoms with Crippen molar-refractivity contribution in [2.24, 2.45) is 11.8 Å². The molecule has 3 aromatic rings. The Morgan fingerprint density at radius 2 is 1.02 bits per heavy atom. The molecule has 10 heteroatoms. The van der Waals surface area contributed by atoms with Crippen LogP contribution in [0.15, 0.2) is 87.8 Å². The molecule has 0 saturated carbocycles. The SMILES string of the molecule is CC(C)(C)OC(=O)CCC(Cc1ccc(Br)cc1)C(=O)O.CC(C)(C)OC(=O)CCC(Cc1ccc(Br)cc1)C(=O)OCc1ccccc1. The highest BCUT2D eigenvalue weighted by molar-refractivity contribution is 9.10. The molecule has 0 aromatic heterocycles. The molecule has 0 saturated heterocycles. The van der Waals surface area contributed by atoms with E-state index < -0.39 is 29.0 Å². The maximum Gasteiger partial charge on any atom is 0.309 e. The van der Waals surface area contributed by atoms with Crippen LogP contribution in [-0.2, 0) is 52.8 Å². The molecule has 3 rings (SSSR count). The molecule has 0 fully saturated rings. The summed E-state index contributed by atoms with van der Waals surface area (Å²) in [5.41, 5.74) is 1.82. The maximum absolute atomic E-state index is 12.7. The van der Waals surface area contributed by atoms with Gasteiger partial charge in [-0.2, -0.15) is 0 Å². The Hall–Kier alpha value is -3.50. The number of carbonyl (C=O) groups is 4. The lowest BCUT2D eigenvalue weighted by Crippen LogP contribution is -2.26. The fraction of sp³-hybridized carbons (Fsp3) is 0.436. The van der Waals surface area contributed by atoms with Crippen molar-refractivity contribution in [1.29, 1.82) is 0 Å². The van der Waals surface area contributed by atoms with Crippen LogP contribution in [0.3, 0.4) is 0 Å². The first-order chi connectivity index (χ1) is 22.9. The minimum Gasteiger partial charge on any atom is -0.481 e. The van der Waals surface area contributed by atoms with Crippen LogP contribution in [0.1, 0.15) is 83.9 Å². The fourth-order valence-corrected chi connectivity index (χ4v) is 5.17. The summed E-state index contributed by atoms with van der Waals surface area (Å²) >= 11 is 6.76. The number of esters is 3. The summed E-state index contributed by atoms with van der Waals surface area (Å²) in [7, 11) is 0. The molecule has 3 aromatic carbocycles.